The fourth-order valence-corrected chi connectivity index (χ4v) is 2.45. The van der Waals surface area contributed by atoms with Gasteiger partial charge < -0.3 is 15.1 Å². The Morgan fingerprint density at radius 1 is 1.35 bits per heavy atom. The van der Waals surface area contributed by atoms with E-state index in [1.807, 2.05) is 18.2 Å². The SMILES string of the molecule is CC(C)CNCc1nnc(Nc2ccc(I)cc2Cl)o1. The molecule has 0 fully saturated rings. The Bertz CT molecular complexity index is 573. The molecular formula is C13H16ClIN4O. The fourth-order valence-electron chi connectivity index (χ4n) is 1.55. The van der Waals surface area contributed by atoms with E-state index in [2.05, 4.69) is 57.3 Å². The predicted octanol–water partition coefficient (Wildman–Crippen LogP) is 3.82. The number of nitrogens with zero attached hydrogens (tertiary/aromatic N) is 2. The first-order valence-electron chi connectivity index (χ1n) is 6.30. The van der Waals surface area contributed by atoms with E-state index in [0.717, 1.165) is 15.8 Å². The standard InChI is InChI=1S/C13H16ClIN4O/c1-8(2)6-16-7-12-18-19-13(20-12)17-11-4-3-9(15)5-10(11)14/h3-5,8,16H,6-7H2,1-2H3,(H,17,19). The molecule has 0 bridgehead atoms. The van der Waals surface area contributed by atoms with Crippen LogP contribution in [0, 0.1) is 9.49 Å². The van der Waals surface area contributed by atoms with E-state index in [4.69, 9.17) is 16.0 Å². The number of benzene rings is 1. The van der Waals surface area contributed by atoms with E-state index < -0.39 is 0 Å². The van der Waals surface area contributed by atoms with E-state index in [1.54, 1.807) is 0 Å². The Morgan fingerprint density at radius 3 is 2.85 bits per heavy atom. The molecule has 0 unspecified atom stereocenters. The van der Waals surface area contributed by atoms with E-state index in [0.29, 0.717) is 29.4 Å². The van der Waals surface area contributed by atoms with Gasteiger partial charge in [-0.3, -0.25) is 0 Å². The molecule has 0 radical (unpaired) electrons. The summed E-state index contributed by atoms with van der Waals surface area (Å²) in [6.45, 7) is 5.76. The maximum atomic E-state index is 6.14. The molecule has 0 atom stereocenters. The monoisotopic (exact) mass is 406 g/mol. The zero-order valence-electron chi connectivity index (χ0n) is 11.3. The van der Waals surface area contributed by atoms with Gasteiger partial charge in [-0.15, -0.1) is 5.10 Å². The summed E-state index contributed by atoms with van der Waals surface area (Å²) in [6, 6.07) is 6.04. The molecule has 20 heavy (non-hydrogen) atoms. The molecule has 1 aromatic carbocycles. The van der Waals surface area contributed by atoms with Gasteiger partial charge in [0.2, 0.25) is 5.89 Å². The van der Waals surface area contributed by atoms with Crippen molar-refractivity contribution in [3.63, 3.8) is 0 Å². The van der Waals surface area contributed by atoms with Crippen LogP contribution in [0.3, 0.4) is 0 Å². The molecule has 0 spiro atoms. The topological polar surface area (TPSA) is 63.0 Å². The Morgan fingerprint density at radius 2 is 2.15 bits per heavy atom. The van der Waals surface area contributed by atoms with Crippen molar-refractivity contribution in [1.29, 1.82) is 0 Å². The highest BCUT2D eigenvalue weighted by Crippen LogP contribution is 2.26. The molecule has 1 heterocycles. The molecule has 2 aromatic rings. The fraction of sp³-hybridized carbons (Fsp3) is 0.385. The summed E-state index contributed by atoms with van der Waals surface area (Å²) in [7, 11) is 0. The first-order valence-corrected chi connectivity index (χ1v) is 7.75. The van der Waals surface area contributed by atoms with Gasteiger partial charge in [-0.1, -0.05) is 30.5 Å². The number of nitrogens with one attached hydrogen (secondary N) is 2. The third kappa shape index (κ3) is 4.60. The van der Waals surface area contributed by atoms with Gasteiger partial charge in [-0.05, 0) is 53.3 Å². The van der Waals surface area contributed by atoms with E-state index in [9.17, 15) is 0 Å². The minimum Gasteiger partial charge on any atom is -0.406 e. The zero-order valence-corrected chi connectivity index (χ0v) is 14.2. The molecule has 2 N–H and O–H groups in total. The molecule has 0 saturated heterocycles. The van der Waals surface area contributed by atoms with E-state index >= 15 is 0 Å². The Balaban J connectivity index is 1.95. The van der Waals surface area contributed by atoms with Crippen LogP contribution in [-0.4, -0.2) is 16.7 Å². The normalized spacial score (nSPS) is 11.1. The first-order chi connectivity index (χ1) is 9.54. The van der Waals surface area contributed by atoms with Gasteiger partial charge in [0, 0.05) is 3.57 Å². The largest absolute Gasteiger partial charge is 0.406 e. The van der Waals surface area contributed by atoms with E-state index in [-0.39, 0.29) is 0 Å². The van der Waals surface area contributed by atoms with Gasteiger partial charge in [0.15, 0.2) is 0 Å². The van der Waals surface area contributed by atoms with Gasteiger partial charge >= 0.3 is 6.01 Å². The van der Waals surface area contributed by atoms with Gasteiger partial charge in [0.25, 0.3) is 0 Å². The lowest BCUT2D eigenvalue weighted by molar-refractivity contribution is 0.460. The summed E-state index contributed by atoms with van der Waals surface area (Å²) in [4.78, 5) is 0. The summed E-state index contributed by atoms with van der Waals surface area (Å²) < 4.78 is 6.57. The lowest BCUT2D eigenvalue weighted by atomic mass is 10.2. The third-order valence-electron chi connectivity index (χ3n) is 2.47. The van der Waals surface area contributed by atoms with Crippen LogP contribution in [0.1, 0.15) is 19.7 Å². The minimum atomic E-state index is 0.342. The first kappa shape index (κ1) is 15.5. The highest BCUT2D eigenvalue weighted by Gasteiger charge is 2.08. The summed E-state index contributed by atoms with van der Waals surface area (Å²) in [6.07, 6.45) is 0. The van der Waals surface area contributed by atoms with Crippen LogP contribution >= 0.6 is 34.2 Å². The van der Waals surface area contributed by atoms with Crippen molar-refractivity contribution >= 4 is 45.9 Å². The van der Waals surface area contributed by atoms with Crippen LogP contribution in [0.25, 0.3) is 0 Å². The molecule has 0 aliphatic carbocycles. The number of aromatic nitrogens is 2. The summed E-state index contributed by atoms with van der Waals surface area (Å²) >= 11 is 8.34. The number of hydrogen-bond donors (Lipinski definition) is 2. The smallest absolute Gasteiger partial charge is 0.320 e. The maximum absolute atomic E-state index is 6.14. The second kappa shape index (κ2) is 7.24. The maximum Gasteiger partial charge on any atom is 0.320 e. The highest BCUT2D eigenvalue weighted by atomic mass is 127. The van der Waals surface area contributed by atoms with Crippen LogP contribution in [-0.2, 0) is 6.54 Å². The van der Waals surface area contributed by atoms with Crippen LogP contribution < -0.4 is 10.6 Å². The van der Waals surface area contributed by atoms with E-state index in [1.165, 1.54) is 0 Å². The average molecular weight is 407 g/mol. The molecule has 0 aliphatic heterocycles. The Labute approximate surface area is 136 Å². The molecule has 5 nitrogen and oxygen atoms in total. The lowest BCUT2D eigenvalue weighted by Crippen LogP contribution is -2.19. The molecule has 1 aromatic heterocycles. The molecule has 0 saturated carbocycles. The summed E-state index contributed by atoms with van der Waals surface area (Å²) in [5.74, 6) is 1.14. The Kier molecular flexibility index (Phi) is 5.62. The minimum absolute atomic E-state index is 0.342. The molecule has 0 aliphatic rings. The second-order valence-electron chi connectivity index (χ2n) is 4.77. The van der Waals surface area contributed by atoms with Crippen molar-refractivity contribution in [2.75, 3.05) is 11.9 Å². The molecule has 108 valence electrons. The molecule has 2 rings (SSSR count). The van der Waals surface area contributed by atoms with Crippen LogP contribution in [0.5, 0.6) is 0 Å². The third-order valence-corrected chi connectivity index (χ3v) is 3.45. The van der Waals surface area contributed by atoms with Crippen molar-refractivity contribution < 1.29 is 4.42 Å². The quantitative estimate of drug-likeness (QED) is 0.714. The van der Waals surface area contributed by atoms with Gasteiger partial charge in [0.05, 0.1) is 17.3 Å². The molecule has 7 heteroatoms. The van der Waals surface area contributed by atoms with Gasteiger partial charge in [-0.2, -0.15) is 0 Å². The van der Waals surface area contributed by atoms with Gasteiger partial charge in [-0.25, -0.2) is 0 Å². The number of anilines is 2. The average Bonchev–Trinajstić information content (AvgIpc) is 2.80. The molecule has 0 amide bonds. The van der Waals surface area contributed by atoms with Crippen molar-refractivity contribution in [1.82, 2.24) is 15.5 Å². The van der Waals surface area contributed by atoms with Crippen LogP contribution in [0.2, 0.25) is 5.02 Å². The van der Waals surface area contributed by atoms with Gasteiger partial charge in [0.1, 0.15) is 0 Å². The van der Waals surface area contributed by atoms with Crippen molar-refractivity contribution in [3.8, 4) is 0 Å². The lowest BCUT2D eigenvalue weighted by Gasteiger charge is -2.05. The number of hydrogen-bond acceptors (Lipinski definition) is 5. The van der Waals surface area contributed by atoms with Crippen molar-refractivity contribution in [2.45, 2.75) is 20.4 Å². The van der Waals surface area contributed by atoms with Crippen molar-refractivity contribution in [3.05, 3.63) is 32.7 Å². The highest BCUT2D eigenvalue weighted by molar-refractivity contribution is 14.1. The van der Waals surface area contributed by atoms with Crippen LogP contribution in [0.15, 0.2) is 22.6 Å². The summed E-state index contributed by atoms with van der Waals surface area (Å²) in [5.41, 5.74) is 0.748. The van der Waals surface area contributed by atoms with Crippen molar-refractivity contribution in [2.24, 2.45) is 5.92 Å². The summed E-state index contributed by atoms with van der Waals surface area (Å²) in [5, 5.41) is 14.8. The van der Waals surface area contributed by atoms with Crippen LogP contribution in [0.4, 0.5) is 11.7 Å². The zero-order chi connectivity index (χ0) is 14.5. The number of rotatable bonds is 6. The second-order valence-corrected chi connectivity index (χ2v) is 6.43. The Hall–Kier alpha value is -0.860. The number of halogens is 2. The predicted molar refractivity (Wildman–Crippen MR) is 88.3 cm³/mol. The molecular weight excluding hydrogens is 391 g/mol.